The van der Waals surface area contributed by atoms with E-state index in [4.69, 9.17) is 16.7 Å². The van der Waals surface area contributed by atoms with Gasteiger partial charge in [0.2, 0.25) is 0 Å². The van der Waals surface area contributed by atoms with Crippen molar-refractivity contribution in [1.29, 1.82) is 0 Å². The molecule has 110 valence electrons. The summed E-state index contributed by atoms with van der Waals surface area (Å²) >= 11 is 5.80. The van der Waals surface area contributed by atoms with E-state index in [0.717, 1.165) is 11.0 Å². The molecule has 20 heavy (non-hydrogen) atoms. The molecule has 0 saturated heterocycles. The highest BCUT2D eigenvalue weighted by atomic mass is 35.5. The Labute approximate surface area is 121 Å². The second-order valence-corrected chi connectivity index (χ2v) is 5.10. The zero-order valence-electron chi connectivity index (χ0n) is 11.2. The molecule has 0 aliphatic heterocycles. The topological polar surface area (TPSA) is 69.6 Å². The quantitative estimate of drug-likeness (QED) is 0.878. The van der Waals surface area contributed by atoms with Gasteiger partial charge in [-0.25, -0.2) is 9.18 Å². The van der Waals surface area contributed by atoms with Gasteiger partial charge in [0.15, 0.2) is 0 Å². The first kappa shape index (κ1) is 16.2. The fourth-order valence-electron chi connectivity index (χ4n) is 1.63. The molecule has 0 atom stereocenters. The number of amides is 2. The van der Waals surface area contributed by atoms with Crippen molar-refractivity contribution in [2.75, 3.05) is 18.4 Å². The molecular weight excluding hydrogens is 287 g/mol. The molecule has 0 spiro atoms. The summed E-state index contributed by atoms with van der Waals surface area (Å²) in [5.41, 5.74) is -0.154. The maximum absolute atomic E-state index is 13.6. The number of hydrogen-bond acceptors (Lipinski definition) is 2. The third kappa shape index (κ3) is 4.70. The molecule has 1 aromatic carbocycles. The predicted octanol–water partition coefficient (Wildman–Crippen LogP) is 3.05. The van der Waals surface area contributed by atoms with E-state index in [2.05, 4.69) is 5.32 Å². The van der Waals surface area contributed by atoms with Gasteiger partial charge in [0, 0.05) is 6.54 Å². The molecule has 0 radical (unpaired) electrons. The molecule has 0 bridgehead atoms. The number of aliphatic carboxylic acids is 1. The number of nitrogens with zero attached hydrogens (tertiary/aromatic N) is 1. The Hall–Kier alpha value is -1.82. The van der Waals surface area contributed by atoms with E-state index in [0.29, 0.717) is 0 Å². The first-order chi connectivity index (χ1) is 9.31. The van der Waals surface area contributed by atoms with Crippen LogP contribution in [0.3, 0.4) is 0 Å². The smallest absolute Gasteiger partial charge is 0.323 e. The molecule has 1 rings (SSSR count). The number of carbonyl (C=O) groups is 2. The number of nitrogens with one attached hydrogen (secondary N) is 1. The van der Waals surface area contributed by atoms with Gasteiger partial charge in [-0.3, -0.25) is 4.79 Å². The van der Waals surface area contributed by atoms with E-state index >= 15 is 0 Å². The van der Waals surface area contributed by atoms with E-state index in [1.54, 1.807) is 0 Å². The van der Waals surface area contributed by atoms with Gasteiger partial charge in [-0.05, 0) is 18.1 Å². The number of benzene rings is 1. The summed E-state index contributed by atoms with van der Waals surface area (Å²) in [4.78, 5) is 23.9. The van der Waals surface area contributed by atoms with Crippen LogP contribution in [0.15, 0.2) is 18.2 Å². The van der Waals surface area contributed by atoms with Crippen LogP contribution in [0.5, 0.6) is 0 Å². The summed E-state index contributed by atoms with van der Waals surface area (Å²) < 4.78 is 13.6. The number of urea groups is 1. The van der Waals surface area contributed by atoms with Gasteiger partial charge in [-0.15, -0.1) is 0 Å². The summed E-state index contributed by atoms with van der Waals surface area (Å²) in [6, 6.07) is 3.31. The van der Waals surface area contributed by atoms with E-state index in [-0.39, 0.29) is 23.2 Å². The van der Waals surface area contributed by atoms with Gasteiger partial charge in [0.05, 0.1) is 10.7 Å². The summed E-state index contributed by atoms with van der Waals surface area (Å²) in [6.45, 7) is 3.47. The Morgan fingerprint density at radius 1 is 1.45 bits per heavy atom. The van der Waals surface area contributed by atoms with Crippen molar-refractivity contribution in [2.24, 2.45) is 5.92 Å². The average Bonchev–Trinajstić information content (AvgIpc) is 2.31. The minimum atomic E-state index is -1.14. The molecule has 2 amide bonds. The largest absolute Gasteiger partial charge is 0.480 e. The SMILES string of the molecule is CC(C)CN(CC(=O)O)C(=O)Nc1c(F)cccc1Cl. The zero-order valence-corrected chi connectivity index (χ0v) is 11.9. The number of carbonyl (C=O) groups excluding carboxylic acids is 1. The maximum atomic E-state index is 13.6. The van der Waals surface area contributed by atoms with Crippen molar-refractivity contribution in [1.82, 2.24) is 4.90 Å². The minimum absolute atomic E-state index is 0.0539. The monoisotopic (exact) mass is 302 g/mol. The van der Waals surface area contributed by atoms with Crippen LogP contribution in [0.25, 0.3) is 0 Å². The van der Waals surface area contributed by atoms with Crippen molar-refractivity contribution >= 4 is 29.3 Å². The van der Waals surface area contributed by atoms with Gasteiger partial charge in [0.25, 0.3) is 0 Å². The Bertz CT molecular complexity index is 488. The Kier molecular flexibility index (Phi) is 5.76. The summed E-state index contributed by atoms with van der Waals surface area (Å²) in [5.74, 6) is -1.73. The highest BCUT2D eigenvalue weighted by Crippen LogP contribution is 2.24. The lowest BCUT2D eigenvalue weighted by Gasteiger charge is -2.23. The number of rotatable bonds is 5. The molecule has 0 aliphatic rings. The number of anilines is 1. The standard InChI is InChI=1S/C13H16ClFN2O3/c1-8(2)6-17(7-11(18)19)13(20)16-12-9(14)4-3-5-10(12)15/h3-5,8H,6-7H2,1-2H3,(H,16,20)(H,18,19). The van der Waals surface area contributed by atoms with E-state index in [9.17, 15) is 14.0 Å². The molecule has 0 fully saturated rings. The second-order valence-electron chi connectivity index (χ2n) is 4.69. The molecule has 0 saturated carbocycles. The van der Waals surface area contributed by atoms with E-state index in [1.165, 1.54) is 12.1 Å². The number of carboxylic acids is 1. The summed E-state index contributed by atoms with van der Waals surface area (Å²) in [5, 5.41) is 11.2. The average molecular weight is 303 g/mol. The van der Waals surface area contributed by atoms with Gasteiger partial charge < -0.3 is 15.3 Å². The first-order valence-electron chi connectivity index (χ1n) is 6.03. The lowest BCUT2D eigenvalue weighted by molar-refractivity contribution is -0.137. The molecule has 0 unspecified atom stereocenters. The van der Waals surface area contributed by atoms with Crippen LogP contribution in [-0.4, -0.2) is 35.1 Å². The number of halogens is 2. The molecule has 0 aromatic heterocycles. The number of carboxylic acid groups (broad SMARTS) is 1. The van der Waals surface area contributed by atoms with Crippen molar-refractivity contribution in [3.63, 3.8) is 0 Å². The van der Waals surface area contributed by atoms with Crippen molar-refractivity contribution < 1.29 is 19.1 Å². The summed E-state index contributed by atoms with van der Waals surface area (Å²) in [6.07, 6.45) is 0. The van der Waals surface area contributed by atoms with Crippen molar-refractivity contribution in [3.05, 3.63) is 29.0 Å². The second kappa shape index (κ2) is 7.09. The Morgan fingerprint density at radius 3 is 2.60 bits per heavy atom. The van der Waals surface area contributed by atoms with Crippen LogP contribution in [0, 0.1) is 11.7 Å². The van der Waals surface area contributed by atoms with Crippen LogP contribution < -0.4 is 5.32 Å². The van der Waals surface area contributed by atoms with Gasteiger partial charge in [0.1, 0.15) is 12.4 Å². The minimum Gasteiger partial charge on any atom is -0.480 e. The molecule has 2 N–H and O–H groups in total. The fraction of sp³-hybridized carbons (Fsp3) is 0.385. The normalized spacial score (nSPS) is 10.4. The third-order valence-corrected chi connectivity index (χ3v) is 2.71. The predicted molar refractivity (Wildman–Crippen MR) is 74.5 cm³/mol. The van der Waals surface area contributed by atoms with Gasteiger partial charge in [-0.1, -0.05) is 31.5 Å². The van der Waals surface area contributed by atoms with Crippen LogP contribution in [0.2, 0.25) is 5.02 Å². The van der Waals surface area contributed by atoms with E-state index in [1.807, 2.05) is 13.8 Å². The number of hydrogen-bond donors (Lipinski definition) is 2. The first-order valence-corrected chi connectivity index (χ1v) is 6.40. The van der Waals surface area contributed by atoms with E-state index < -0.39 is 24.4 Å². The third-order valence-electron chi connectivity index (χ3n) is 2.39. The molecule has 0 aliphatic carbocycles. The molecular formula is C13H16ClFN2O3. The molecule has 5 nitrogen and oxygen atoms in total. The molecule has 0 heterocycles. The lowest BCUT2D eigenvalue weighted by atomic mass is 10.2. The summed E-state index contributed by atoms with van der Waals surface area (Å²) in [7, 11) is 0. The van der Waals surface area contributed by atoms with Crippen molar-refractivity contribution in [2.45, 2.75) is 13.8 Å². The zero-order chi connectivity index (χ0) is 15.3. The van der Waals surface area contributed by atoms with Crippen LogP contribution in [0.4, 0.5) is 14.9 Å². The highest BCUT2D eigenvalue weighted by Gasteiger charge is 2.20. The number of para-hydroxylation sites is 1. The molecule has 1 aromatic rings. The van der Waals surface area contributed by atoms with Gasteiger partial charge >= 0.3 is 12.0 Å². The van der Waals surface area contributed by atoms with Crippen LogP contribution >= 0.6 is 11.6 Å². The van der Waals surface area contributed by atoms with Crippen LogP contribution in [-0.2, 0) is 4.79 Å². The fourth-order valence-corrected chi connectivity index (χ4v) is 1.84. The van der Waals surface area contributed by atoms with Crippen molar-refractivity contribution in [3.8, 4) is 0 Å². The van der Waals surface area contributed by atoms with Gasteiger partial charge in [-0.2, -0.15) is 0 Å². The molecule has 7 heteroatoms. The highest BCUT2D eigenvalue weighted by molar-refractivity contribution is 6.33. The maximum Gasteiger partial charge on any atom is 0.323 e. The lowest BCUT2D eigenvalue weighted by Crippen LogP contribution is -2.41. The van der Waals surface area contributed by atoms with Crippen LogP contribution in [0.1, 0.15) is 13.8 Å². The Balaban J connectivity index is 2.87. The Morgan fingerprint density at radius 2 is 2.10 bits per heavy atom.